The number of benzene rings is 3. The highest BCUT2D eigenvalue weighted by atomic mass is 35.5. The second kappa shape index (κ2) is 12.5. The second-order valence-electron chi connectivity index (χ2n) is 7.50. The van der Waals surface area contributed by atoms with E-state index < -0.39 is 0 Å². The Morgan fingerprint density at radius 2 is 1.58 bits per heavy atom. The Morgan fingerprint density at radius 1 is 0.879 bits per heavy atom. The molecule has 2 amide bonds. The van der Waals surface area contributed by atoms with Gasteiger partial charge in [-0.2, -0.15) is 0 Å². The number of amides is 2. The topological polar surface area (TPSA) is 79.5 Å². The van der Waals surface area contributed by atoms with Gasteiger partial charge in [0.2, 0.25) is 11.8 Å². The van der Waals surface area contributed by atoms with Gasteiger partial charge in [0.05, 0.1) is 23.9 Å². The maximum atomic E-state index is 12.3. The largest absolute Gasteiger partial charge is 0.493 e. The van der Waals surface area contributed by atoms with Crippen molar-refractivity contribution in [1.29, 1.82) is 0 Å². The van der Waals surface area contributed by atoms with Crippen LogP contribution >= 0.6 is 11.6 Å². The van der Waals surface area contributed by atoms with Crippen LogP contribution in [0.25, 0.3) is 0 Å². The van der Waals surface area contributed by atoms with Gasteiger partial charge in [-0.15, -0.1) is 0 Å². The van der Waals surface area contributed by atoms with E-state index in [0.717, 1.165) is 18.6 Å². The van der Waals surface area contributed by atoms with E-state index in [1.807, 2.05) is 37.3 Å². The molecule has 0 bridgehead atoms. The number of nitrogens with one attached hydrogen (secondary N) is 3. The molecule has 3 rings (SSSR count). The van der Waals surface area contributed by atoms with Crippen molar-refractivity contribution in [2.24, 2.45) is 0 Å². The van der Waals surface area contributed by atoms with Crippen LogP contribution in [0.5, 0.6) is 5.75 Å². The van der Waals surface area contributed by atoms with Gasteiger partial charge in [0, 0.05) is 24.2 Å². The molecule has 0 radical (unpaired) electrons. The molecule has 0 heterocycles. The van der Waals surface area contributed by atoms with Crippen molar-refractivity contribution in [3.63, 3.8) is 0 Å². The lowest BCUT2D eigenvalue weighted by atomic mass is 10.2. The molecule has 33 heavy (non-hydrogen) atoms. The van der Waals surface area contributed by atoms with Gasteiger partial charge in [-0.3, -0.25) is 9.59 Å². The summed E-state index contributed by atoms with van der Waals surface area (Å²) in [7, 11) is 0. The van der Waals surface area contributed by atoms with Gasteiger partial charge in [-0.05, 0) is 54.4 Å². The van der Waals surface area contributed by atoms with Crippen molar-refractivity contribution in [1.82, 2.24) is 0 Å². The highest BCUT2D eigenvalue weighted by Crippen LogP contribution is 2.25. The van der Waals surface area contributed by atoms with Crippen LogP contribution in [0.4, 0.5) is 17.1 Å². The Bertz CT molecular complexity index is 1060. The lowest BCUT2D eigenvalue weighted by Gasteiger charge is -2.12. The number of halogens is 1. The molecule has 0 spiro atoms. The highest BCUT2D eigenvalue weighted by Gasteiger charge is 2.08. The van der Waals surface area contributed by atoms with Crippen LogP contribution in [-0.4, -0.2) is 25.0 Å². The standard InChI is InChI=1S/C26H28ClN3O3/c1-2-6-25(31)30-21-11-14-23(27)24(17-21)28-18-26(32)29-20-9-12-22(13-10-20)33-16-15-19-7-4-3-5-8-19/h3-5,7-14,17,28H,2,6,15-16,18H2,1H3,(H,29,32)(H,30,31). The van der Waals surface area contributed by atoms with Crippen molar-refractivity contribution >= 4 is 40.5 Å². The molecule has 3 aromatic rings. The summed E-state index contributed by atoms with van der Waals surface area (Å²) in [4.78, 5) is 24.1. The van der Waals surface area contributed by atoms with Gasteiger partial charge in [0.25, 0.3) is 0 Å². The Morgan fingerprint density at radius 3 is 2.30 bits per heavy atom. The molecule has 7 heteroatoms. The van der Waals surface area contributed by atoms with E-state index in [9.17, 15) is 9.59 Å². The van der Waals surface area contributed by atoms with Crippen molar-refractivity contribution in [2.45, 2.75) is 26.2 Å². The number of ether oxygens (including phenoxy) is 1. The Hall–Kier alpha value is -3.51. The van der Waals surface area contributed by atoms with Gasteiger partial charge in [0.1, 0.15) is 5.75 Å². The Kier molecular flexibility index (Phi) is 9.15. The van der Waals surface area contributed by atoms with Crippen molar-refractivity contribution < 1.29 is 14.3 Å². The number of rotatable bonds is 11. The van der Waals surface area contributed by atoms with Crippen LogP contribution < -0.4 is 20.7 Å². The molecule has 3 N–H and O–H groups in total. The molecule has 0 atom stereocenters. The summed E-state index contributed by atoms with van der Waals surface area (Å²) in [6, 6.07) is 22.5. The zero-order valence-electron chi connectivity index (χ0n) is 18.6. The Labute approximate surface area is 199 Å². The van der Waals surface area contributed by atoms with Crippen LogP contribution in [0.1, 0.15) is 25.3 Å². The minimum atomic E-state index is -0.218. The number of hydrogen-bond donors (Lipinski definition) is 3. The molecule has 0 aliphatic carbocycles. The SMILES string of the molecule is CCCC(=O)Nc1ccc(Cl)c(NCC(=O)Nc2ccc(OCCc3ccccc3)cc2)c1. The maximum Gasteiger partial charge on any atom is 0.243 e. The summed E-state index contributed by atoms with van der Waals surface area (Å²) in [5.74, 6) is 0.469. The van der Waals surface area contributed by atoms with Gasteiger partial charge >= 0.3 is 0 Å². The number of anilines is 3. The summed E-state index contributed by atoms with van der Waals surface area (Å²) in [5, 5.41) is 9.13. The van der Waals surface area contributed by atoms with E-state index in [0.29, 0.717) is 35.1 Å². The molecule has 6 nitrogen and oxygen atoms in total. The molecule has 172 valence electrons. The molecule has 0 unspecified atom stereocenters. The van der Waals surface area contributed by atoms with Gasteiger partial charge in [0.15, 0.2) is 0 Å². The van der Waals surface area contributed by atoms with Gasteiger partial charge < -0.3 is 20.7 Å². The number of carbonyl (C=O) groups is 2. The minimum absolute atomic E-state index is 0.0292. The monoisotopic (exact) mass is 465 g/mol. The second-order valence-corrected chi connectivity index (χ2v) is 7.91. The minimum Gasteiger partial charge on any atom is -0.493 e. The molecular weight excluding hydrogens is 438 g/mol. The van der Waals surface area contributed by atoms with Crippen LogP contribution in [0, 0.1) is 0 Å². The van der Waals surface area contributed by atoms with Crippen LogP contribution in [0.2, 0.25) is 5.02 Å². The third-order valence-electron chi connectivity index (χ3n) is 4.81. The smallest absolute Gasteiger partial charge is 0.243 e. The Balaban J connectivity index is 1.45. The van der Waals surface area contributed by atoms with Crippen LogP contribution in [0.15, 0.2) is 72.8 Å². The fourth-order valence-corrected chi connectivity index (χ4v) is 3.32. The molecule has 3 aromatic carbocycles. The third kappa shape index (κ3) is 8.16. The third-order valence-corrected chi connectivity index (χ3v) is 5.14. The molecule has 0 saturated heterocycles. The predicted molar refractivity (Wildman–Crippen MR) is 134 cm³/mol. The first-order valence-corrected chi connectivity index (χ1v) is 11.3. The van der Waals surface area contributed by atoms with E-state index in [-0.39, 0.29) is 18.4 Å². The van der Waals surface area contributed by atoms with Crippen molar-refractivity contribution in [2.75, 3.05) is 29.1 Å². The van der Waals surface area contributed by atoms with Crippen LogP contribution in [-0.2, 0) is 16.0 Å². The van der Waals surface area contributed by atoms with Crippen LogP contribution in [0.3, 0.4) is 0 Å². The summed E-state index contributed by atoms with van der Waals surface area (Å²) in [5.41, 5.74) is 3.10. The highest BCUT2D eigenvalue weighted by molar-refractivity contribution is 6.33. The summed E-state index contributed by atoms with van der Waals surface area (Å²) in [6.07, 6.45) is 2.05. The van der Waals surface area contributed by atoms with Gasteiger partial charge in [-0.1, -0.05) is 48.9 Å². The molecule has 0 aliphatic rings. The van der Waals surface area contributed by atoms with E-state index in [1.165, 1.54) is 5.56 Å². The molecule has 0 saturated carbocycles. The molecule has 0 fully saturated rings. The maximum absolute atomic E-state index is 12.3. The quantitative estimate of drug-likeness (QED) is 0.337. The van der Waals surface area contributed by atoms with E-state index in [1.54, 1.807) is 30.3 Å². The zero-order chi connectivity index (χ0) is 23.5. The average molecular weight is 466 g/mol. The molecule has 0 aliphatic heterocycles. The lowest BCUT2D eigenvalue weighted by Crippen LogP contribution is -2.22. The number of carbonyl (C=O) groups excluding carboxylic acids is 2. The summed E-state index contributed by atoms with van der Waals surface area (Å²) < 4.78 is 5.77. The molecular formula is C26H28ClN3O3. The summed E-state index contributed by atoms with van der Waals surface area (Å²) >= 11 is 6.21. The zero-order valence-corrected chi connectivity index (χ0v) is 19.3. The normalized spacial score (nSPS) is 10.4. The fraction of sp³-hybridized carbons (Fsp3) is 0.231. The van der Waals surface area contributed by atoms with E-state index in [2.05, 4.69) is 28.1 Å². The lowest BCUT2D eigenvalue weighted by molar-refractivity contribution is -0.116. The van der Waals surface area contributed by atoms with Crippen molar-refractivity contribution in [3.05, 3.63) is 83.4 Å². The van der Waals surface area contributed by atoms with E-state index in [4.69, 9.17) is 16.3 Å². The first kappa shape index (κ1) is 24.1. The molecule has 0 aromatic heterocycles. The van der Waals surface area contributed by atoms with Gasteiger partial charge in [-0.25, -0.2) is 0 Å². The first-order chi connectivity index (χ1) is 16.0. The average Bonchev–Trinajstić information content (AvgIpc) is 2.81. The number of hydrogen-bond acceptors (Lipinski definition) is 4. The predicted octanol–water partition coefficient (Wildman–Crippen LogP) is 5.75. The fourth-order valence-electron chi connectivity index (χ4n) is 3.14. The van der Waals surface area contributed by atoms with Crippen molar-refractivity contribution in [3.8, 4) is 5.75 Å². The first-order valence-electron chi connectivity index (χ1n) is 10.9. The summed E-state index contributed by atoms with van der Waals surface area (Å²) in [6.45, 7) is 2.55. The van der Waals surface area contributed by atoms with E-state index >= 15 is 0 Å².